The van der Waals surface area contributed by atoms with E-state index in [-0.39, 0.29) is 11.5 Å². The minimum Gasteiger partial charge on any atom is -0.383 e. The summed E-state index contributed by atoms with van der Waals surface area (Å²) in [4.78, 5) is 27.9. The van der Waals surface area contributed by atoms with E-state index >= 15 is 0 Å². The average Bonchev–Trinajstić information content (AvgIpc) is 2.44. The number of hydrogen-bond acceptors (Lipinski definition) is 6. The first-order chi connectivity index (χ1) is 10.0. The number of likely N-dealkylation sites (N-methyl/N-ethyl adjacent to an activating group) is 1. The standard InChI is InChI=1S/C13H25N5O3/c1-4-6-18-11(14)10(12(19)16-13(18)20)15-5-7-17(2)8-9-21-3/h15H,4-9,14H2,1-3H3,(H,16,19,20). The van der Waals surface area contributed by atoms with Crippen molar-refractivity contribution in [2.24, 2.45) is 0 Å². The van der Waals surface area contributed by atoms with Crippen LogP contribution in [0.2, 0.25) is 0 Å². The fraction of sp³-hybridized carbons (Fsp3) is 0.692. The molecule has 8 heteroatoms. The molecule has 0 aliphatic carbocycles. The molecule has 120 valence electrons. The van der Waals surface area contributed by atoms with Crippen LogP contribution in [-0.2, 0) is 11.3 Å². The lowest BCUT2D eigenvalue weighted by Gasteiger charge is -2.17. The van der Waals surface area contributed by atoms with Gasteiger partial charge in [0.2, 0.25) is 0 Å². The molecule has 21 heavy (non-hydrogen) atoms. The molecule has 1 heterocycles. The minimum absolute atomic E-state index is 0.185. The smallest absolute Gasteiger partial charge is 0.330 e. The van der Waals surface area contributed by atoms with Crippen LogP contribution in [0.4, 0.5) is 11.5 Å². The van der Waals surface area contributed by atoms with E-state index in [1.54, 1.807) is 7.11 Å². The Hall–Kier alpha value is -1.80. The summed E-state index contributed by atoms with van der Waals surface area (Å²) in [5.74, 6) is 0.185. The number of rotatable bonds is 9. The van der Waals surface area contributed by atoms with Gasteiger partial charge in [-0.3, -0.25) is 14.3 Å². The van der Waals surface area contributed by atoms with E-state index in [4.69, 9.17) is 10.5 Å². The minimum atomic E-state index is -0.482. The molecule has 1 aromatic heterocycles. The largest absolute Gasteiger partial charge is 0.383 e. The first-order valence-corrected chi connectivity index (χ1v) is 7.05. The van der Waals surface area contributed by atoms with Gasteiger partial charge in [-0.25, -0.2) is 4.79 Å². The van der Waals surface area contributed by atoms with Crippen molar-refractivity contribution < 1.29 is 4.74 Å². The normalized spacial score (nSPS) is 11.0. The lowest BCUT2D eigenvalue weighted by Crippen LogP contribution is -2.35. The Morgan fingerprint density at radius 3 is 2.71 bits per heavy atom. The van der Waals surface area contributed by atoms with Gasteiger partial charge in [-0.05, 0) is 13.5 Å². The van der Waals surface area contributed by atoms with E-state index in [1.807, 2.05) is 14.0 Å². The number of nitrogens with zero attached hydrogens (tertiary/aromatic N) is 2. The molecule has 0 saturated carbocycles. The molecule has 0 bridgehead atoms. The van der Waals surface area contributed by atoms with Gasteiger partial charge in [0.15, 0.2) is 0 Å². The van der Waals surface area contributed by atoms with Crippen molar-refractivity contribution in [3.05, 3.63) is 20.8 Å². The highest BCUT2D eigenvalue weighted by Crippen LogP contribution is 2.09. The second kappa shape index (κ2) is 8.48. The summed E-state index contributed by atoms with van der Waals surface area (Å²) in [5.41, 5.74) is 5.22. The van der Waals surface area contributed by atoms with E-state index in [9.17, 15) is 9.59 Å². The number of ether oxygens (including phenoxy) is 1. The molecule has 0 radical (unpaired) electrons. The van der Waals surface area contributed by atoms with Crippen molar-refractivity contribution in [1.82, 2.24) is 14.5 Å². The van der Waals surface area contributed by atoms with E-state index < -0.39 is 11.2 Å². The first kappa shape index (κ1) is 17.3. The molecule has 0 spiro atoms. The summed E-state index contributed by atoms with van der Waals surface area (Å²) in [6.07, 6.45) is 0.759. The van der Waals surface area contributed by atoms with Crippen LogP contribution in [0.1, 0.15) is 13.3 Å². The van der Waals surface area contributed by atoms with Gasteiger partial charge in [0.05, 0.1) is 6.61 Å². The number of hydrogen-bond donors (Lipinski definition) is 3. The maximum Gasteiger partial charge on any atom is 0.330 e. The predicted octanol–water partition coefficient (Wildman–Crippen LogP) is -0.481. The van der Waals surface area contributed by atoms with Gasteiger partial charge < -0.3 is 20.7 Å². The highest BCUT2D eigenvalue weighted by molar-refractivity contribution is 5.60. The molecule has 4 N–H and O–H groups in total. The third-order valence-corrected chi connectivity index (χ3v) is 3.16. The van der Waals surface area contributed by atoms with Crippen LogP contribution in [0.5, 0.6) is 0 Å². The van der Waals surface area contributed by atoms with Crippen LogP contribution in [0.3, 0.4) is 0 Å². The van der Waals surface area contributed by atoms with Crippen LogP contribution in [0.25, 0.3) is 0 Å². The second-order valence-electron chi connectivity index (χ2n) is 4.89. The Balaban J connectivity index is 2.73. The topological polar surface area (TPSA) is 105 Å². The second-order valence-corrected chi connectivity index (χ2v) is 4.89. The lowest BCUT2D eigenvalue weighted by molar-refractivity contribution is 0.163. The highest BCUT2D eigenvalue weighted by atomic mass is 16.5. The summed E-state index contributed by atoms with van der Waals surface area (Å²) >= 11 is 0. The zero-order valence-corrected chi connectivity index (χ0v) is 12.9. The van der Waals surface area contributed by atoms with Crippen molar-refractivity contribution in [1.29, 1.82) is 0 Å². The van der Waals surface area contributed by atoms with Crippen molar-refractivity contribution in [2.45, 2.75) is 19.9 Å². The molecule has 0 amide bonds. The molecule has 0 saturated heterocycles. The van der Waals surface area contributed by atoms with E-state index in [2.05, 4.69) is 15.2 Å². The van der Waals surface area contributed by atoms with Crippen molar-refractivity contribution in [2.75, 3.05) is 51.4 Å². The Morgan fingerprint density at radius 2 is 2.10 bits per heavy atom. The molecule has 1 rings (SSSR count). The number of nitrogens with one attached hydrogen (secondary N) is 2. The van der Waals surface area contributed by atoms with Gasteiger partial charge in [-0.2, -0.15) is 0 Å². The molecule has 0 atom stereocenters. The fourth-order valence-electron chi connectivity index (χ4n) is 1.93. The Kier molecular flexibility index (Phi) is 6.97. The molecular weight excluding hydrogens is 274 g/mol. The zero-order chi connectivity index (χ0) is 15.8. The third kappa shape index (κ3) is 4.91. The van der Waals surface area contributed by atoms with Crippen molar-refractivity contribution in [3.8, 4) is 0 Å². The van der Waals surface area contributed by atoms with Gasteiger partial charge >= 0.3 is 5.69 Å². The number of nitrogen functional groups attached to an aromatic ring is 1. The number of H-pyrrole nitrogens is 1. The van der Waals surface area contributed by atoms with Crippen molar-refractivity contribution >= 4 is 11.5 Å². The quantitative estimate of drug-likeness (QED) is 0.569. The molecule has 0 aliphatic heterocycles. The van der Waals surface area contributed by atoms with E-state index in [0.717, 1.165) is 19.5 Å². The zero-order valence-electron chi connectivity index (χ0n) is 12.9. The molecule has 0 fully saturated rings. The average molecular weight is 299 g/mol. The summed E-state index contributed by atoms with van der Waals surface area (Å²) < 4.78 is 6.37. The predicted molar refractivity (Wildman–Crippen MR) is 83.9 cm³/mol. The number of methoxy groups -OCH3 is 1. The van der Waals surface area contributed by atoms with Crippen molar-refractivity contribution in [3.63, 3.8) is 0 Å². The maximum absolute atomic E-state index is 11.8. The summed E-state index contributed by atoms with van der Waals surface area (Å²) in [7, 11) is 3.62. The van der Waals surface area contributed by atoms with Crippen LogP contribution < -0.4 is 22.3 Å². The van der Waals surface area contributed by atoms with Crippen LogP contribution in [0.15, 0.2) is 9.59 Å². The van der Waals surface area contributed by atoms with Crippen LogP contribution in [-0.4, -0.2) is 54.8 Å². The van der Waals surface area contributed by atoms with Gasteiger partial charge in [0.1, 0.15) is 11.5 Å². The highest BCUT2D eigenvalue weighted by Gasteiger charge is 2.11. The molecule has 8 nitrogen and oxygen atoms in total. The molecule has 0 aliphatic rings. The number of anilines is 2. The lowest BCUT2D eigenvalue weighted by atomic mass is 10.4. The van der Waals surface area contributed by atoms with Gasteiger partial charge in [-0.1, -0.05) is 6.92 Å². The van der Waals surface area contributed by atoms with Gasteiger partial charge in [0.25, 0.3) is 5.56 Å². The maximum atomic E-state index is 11.8. The summed E-state index contributed by atoms with van der Waals surface area (Å²) in [6.45, 7) is 5.16. The Labute approximate surface area is 123 Å². The molecule has 0 aromatic carbocycles. The van der Waals surface area contributed by atoms with Gasteiger partial charge in [-0.15, -0.1) is 0 Å². The molecule has 0 unspecified atom stereocenters. The summed E-state index contributed by atoms with van der Waals surface area (Å²) in [6, 6.07) is 0. The molecule has 1 aromatic rings. The first-order valence-electron chi connectivity index (χ1n) is 7.05. The van der Waals surface area contributed by atoms with Crippen LogP contribution >= 0.6 is 0 Å². The number of aromatic amines is 1. The van der Waals surface area contributed by atoms with Crippen LogP contribution in [0, 0.1) is 0 Å². The van der Waals surface area contributed by atoms with E-state index in [1.165, 1.54) is 4.57 Å². The third-order valence-electron chi connectivity index (χ3n) is 3.16. The number of nitrogens with two attached hydrogens (primary N) is 1. The molecular formula is C13H25N5O3. The number of aromatic nitrogens is 2. The SMILES string of the molecule is CCCn1c(N)c(NCCN(C)CCOC)c(=O)[nH]c1=O. The Morgan fingerprint density at radius 1 is 1.38 bits per heavy atom. The Bertz CT molecular complexity index is 552. The summed E-state index contributed by atoms with van der Waals surface area (Å²) in [5, 5.41) is 3.00. The van der Waals surface area contributed by atoms with Gasteiger partial charge in [0, 0.05) is 33.3 Å². The fourth-order valence-corrected chi connectivity index (χ4v) is 1.93. The van der Waals surface area contributed by atoms with E-state index in [0.29, 0.717) is 19.7 Å². The monoisotopic (exact) mass is 299 g/mol.